The first-order valence-corrected chi connectivity index (χ1v) is 16.3. The Labute approximate surface area is 262 Å². The van der Waals surface area contributed by atoms with E-state index in [2.05, 4.69) is 39.0 Å². The van der Waals surface area contributed by atoms with Crippen LogP contribution in [-0.2, 0) is 22.4 Å². The maximum atomic E-state index is 13.9. The molecule has 3 atom stereocenters. The topological polar surface area (TPSA) is 88.5 Å². The Morgan fingerprint density at radius 1 is 1.02 bits per heavy atom. The van der Waals surface area contributed by atoms with Gasteiger partial charge >= 0.3 is 5.97 Å². The number of quaternary nitrogens is 1. The number of aryl methyl sites for hydroxylation is 1. The monoisotopic (exact) mass is 608 g/mol. The van der Waals surface area contributed by atoms with E-state index in [-0.39, 0.29) is 31.2 Å². The molecule has 2 aromatic rings. The summed E-state index contributed by atoms with van der Waals surface area (Å²) in [6, 6.07) is 11.7. The lowest BCUT2D eigenvalue weighted by Gasteiger charge is -2.30. The quantitative estimate of drug-likeness (QED) is 0.234. The van der Waals surface area contributed by atoms with E-state index < -0.39 is 11.9 Å². The van der Waals surface area contributed by atoms with Gasteiger partial charge in [0, 0.05) is 38.0 Å². The Morgan fingerprint density at radius 2 is 1.84 bits per heavy atom. The lowest BCUT2D eigenvalue weighted by Crippen LogP contribution is -2.45. The zero-order chi connectivity index (χ0) is 31.3. The number of likely N-dealkylation sites (tertiary alicyclic amines) is 1. The summed E-state index contributed by atoms with van der Waals surface area (Å²) in [6.07, 6.45) is 6.09. The van der Waals surface area contributed by atoms with E-state index in [0.717, 1.165) is 90.2 Å². The third-order valence-corrected chi connectivity index (χ3v) is 9.34. The van der Waals surface area contributed by atoms with Crippen molar-refractivity contribution in [2.24, 2.45) is 5.92 Å². The average molecular weight is 609 g/mol. The molecule has 44 heavy (non-hydrogen) atoms. The summed E-state index contributed by atoms with van der Waals surface area (Å²) in [5.74, 6) is 0.794. The molecule has 240 valence electrons. The molecule has 3 unspecified atom stereocenters. The third kappa shape index (κ3) is 7.67. The predicted octanol–water partition coefficient (Wildman–Crippen LogP) is 4.57. The highest BCUT2D eigenvalue weighted by molar-refractivity contribution is 5.79. The van der Waals surface area contributed by atoms with Crippen LogP contribution in [0, 0.1) is 5.92 Å². The number of carboxylic acid groups (broad SMARTS) is 1. The van der Waals surface area contributed by atoms with Gasteiger partial charge in [-0.05, 0) is 60.9 Å². The molecular formula is C35H50N3O6+. The molecule has 2 aromatic carbocycles. The number of para-hydroxylation sites is 1. The standard InChI is InChI=1S/C35H49N3O6/c1-5-6-17-36(18-7-8-19-38(2,3)4)32(39)23-37-22-28(26-13-15-30-27(21-26)16-20-42-30)33(35(40)41)29(37)14-12-25-10-9-11-31-34(25)44-24-43-31/h9-11,13,15,21,28-29,33H,5-8,12,14,16-20,22-24H2,1-4H3/p+1. The minimum Gasteiger partial charge on any atom is -0.493 e. The van der Waals surface area contributed by atoms with Crippen LogP contribution in [-0.4, -0.2) is 105 Å². The molecule has 1 saturated heterocycles. The Hall–Kier alpha value is -3.30. The second-order valence-electron chi connectivity index (χ2n) is 13.6. The maximum absolute atomic E-state index is 13.9. The van der Waals surface area contributed by atoms with Gasteiger partial charge in [-0.15, -0.1) is 0 Å². The van der Waals surface area contributed by atoms with Crippen molar-refractivity contribution in [2.45, 2.75) is 63.8 Å². The molecule has 0 bridgehead atoms. The van der Waals surface area contributed by atoms with E-state index in [4.69, 9.17) is 14.2 Å². The second-order valence-corrected chi connectivity index (χ2v) is 13.6. The fourth-order valence-electron chi connectivity index (χ4n) is 6.99. The Balaban J connectivity index is 1.37. The fraction of sp³-hybridized carbons (Fsp3) is 0.600. The number of carbonyl (C=O) groups excluding carboxylic acids is 1. The molecule has 9 nitrogen and oxygen atoms in total. The normalized spacial score (nSPS) is 20.9. The summed E-state index contributed by atoms with van der Waals surface area (Å²) in [6.45, 7) is 6.30. The lowest BCUT2D eigenvalue weighted by atomic mass is 9.83. The van der Waals surface area contributed by atoms with Crippen LogP contribution >= 0.6 is 0 Å². The van der Waals surface area contributed by atoms with Crippen molar-refractivity contribution in [3.63, 3.8) is 0 Å². The summed E-state index contributed by atoms with van der Waals surface area (Å²) < 4.78 is 18.0. The maximum Gasteiger partial charge on any atom is 0.308 e. The van der Waals surface area contributed by atoms with Gasteiger partial charge in [0.25, 0.3) is 0 Å². The van der Waals surface area contributed by atoms with Crippen LogP contribution < -0.4 is 14.2 Å². The molecule has 1 N–H and O–H groups in total. The van der Waals surface area contributed by atoms with Crippen LogP contribution in [0.4, 0.5) is 0 Å². The molecule has 5 rings (SSSR count). The minimum atomic E-state index is -0.812. The van der Waals surface area contributed by atoms with Crippen molar-refractivity contribution in [3.8, 4) is 17.2 Å². The molecule has 1 fully saturated rings. The molecule has 3 aliphatic heterocycles. The van der Waals surface area contributed by atoms with Gasteiger partial charge in [0.05, 0.1) is 46.8 Å². The van der Waals surface area contributed by atoms with Gasteiger partial charge in [-0.1, -0.05) is 37.6 Å². The van der Waals surface area contributed by atoms with Crippen molar-refractivity contribution >= 4 is 11.9 Å². The van der Waals surface area contributed by atoms with Crippen LogP contribution in [0.5, 0.6) is 17.2 Å². The Bertz CT molecular complexity index is 1310. The predicted molar refractivity (Wildman–Crippen MR) is 169 cm³/mol. The zero-order valence-corrected chi connectivity index (χ0v) is 26.9. The number of hydrogen-bond donors (Lipinski definition) is 1. The number of aliphatic carboxylic acids is 1. The van der Waals surface area contributed by atoms with Crippen molar-refractivity contribution in [2.75, 3.05) is 67.3 Å². The molecule has 1 amide bonds. The number of rotatable bonds is 15. The van der Waals surface area contributed by atoms with Crippen LogP contribution in [0.25, 0.3) is 0 Å². The van der Waals surface area contributed by atoms with Gasteiger partial charge in [-0.3, -0.25) is 14.5 Å². The summed E-state index contributed by atoms with van der Waals surface area (Å²) >= 11 is 0. The summed E-state index contributed by atoms with van der Waals surface area (Å²) in [5.41, 5.74) is 3.16. The van der Waals surface area contributed by atoms with Gasteiger partial charge in [-0.25, -0.2) is 0 Å². The molecule has 0 saturated carbocycles. The summed E-state index contributed by atoms with van der Waals surface area (Å²) in [5, 5.41) is 10.7. The van der Waals surface area contributed by atoms with Crippen molar-refractivity contribution in [1.29, 1.82) is 0 Å². The molecule has 0 radical (unpaired) electrons. The van der Waals surface area contributed by atoms with E-state index in [0.29, 0.717) is 26.0 Å². The SMILES string of the molecule is CCCCN(CCCC[N+](C)(C)C)C(=O)CN1CC(c2ccc3c(c2)CCO3)C(C(=O)O)C1CCc1cccc2c1OCO2. The first-order chi connectivity index (χ1) is 21.1. The number of ether oxygens (including phenoxy) is 3. The van der Waals surface area contributed by atoms with E-state index in [1.54, 1.807) is 0 Å². The number of fused-ring (bicyclic) bond motifs is 2. The van der Waals surface area contributed by atoms with E-state index in [1.165, 1.54) is 0 Å². The number of nitrogens with zero attached hydrogens (tertiary/aromatic N) is 3. The smallest absolute Gasteiger partial charge is 0.308 e. The highest BCUT2D eigenvalue weighted by Gasteiger charge is 2.47. The second kappa shape index (κ2) is 14.2. The first kappa shape index (κ1) is 32.1. The van der Waals surface area contributed by atoms with Crippen LogP contribution in [0.1, 0.15) is 61.6 Å². The number of carbonyl (C=O) groups is 2. The Morgan fingerprint density at radius 3 is 2.61 bits per heavy atom. The van der Waals surface area contributed by atoms with Gasteiger partial charge in [0.15, 0.2) is 11.5 Å². The first-order valence-electron chi connectivity index (χ1n) is 16.3. The molecule has 0 aliphatic carbocycles. The number of benzene rings is 2. The van der Waals surface area contributed by atoms with Crippen LogP contribution in [0.15, 0.2) is 36.4 Å². The fourth-order valence-corrected chi connectivity index (χ4v) is 6.99. The molecule has 0 aromatic heterocycles. The third-order valence-electron chi connectivity index (χ3n) is 9.34. The molecular weight excluding hydrogens is 558 g/mol. The average Bonchev–Trinajstić information content (AvgIpc) is 3.73. The number of carboxylic acids is 1. The minimum absolute atomic E-state index is 0.0955. The number of hydrogen-bond acceptors (Lipinski definition) is 6. The molecule has 0 spiro atoms. The molecule has 9 heteroatoms. The largest absolute Gasteiger partial charge is 0.493 e. The van der Waals surface area contributed by atoms with E-state index >= 15 is 0 Å². The van der Waals surface area contributed by atoms with Crippen molar-refractivity contribution in [3.05, 3.63) is 53.1 Å². The van der Waals surface area contributed by atoms with Crippen LogP contribution in [0.3, 0.4) is 0 Å². The highest BCUT2D eigenvalue weighted by atomic mass is 16.7. The number of unbranched alkanes of at least 4 members (excludes halogenated alkanes) is 2. The van der Waals surface area contributed by atoms with Crippen LogP contribution in [0.2, 0.25) is 0 Å². The van der Waals surface area contributed by atoms with Gasteiger partial charge in [0.1, 0.15) is 5.75 Å². The van der Waals surface area contributed by atoms with Gasteiger partial charge < -0.3 is 28.7 Å². The molecule has 3 aliphatic rings. The zero-order valence-electron chi connectivity index (χ0n) is 26.9. The highest BCUT2D eigenvalue weighted by Crippen LogP contribution is 2.42. The van der Waals surface area contributed by atoms with Crippen molar-refractivity contribution < 1.29 is 33.4 Å². The Kier molecular flexibility index (Phi) is 10.4. The van der Waals surface area contributed by atoms with Gasteiger partial charge in [-0.2, -0.15) is 0 Å². The summed E-state index contributed by atoms with van der Waals surface area (Å²) in [7, 11) is 6.58. The number of amides is 1. The van der Waals surface area contributed by atoms with E-state index in [9.17, 15) is 14.7 Å². The molecule has 3 heterocycles. The van der Waals surface area contributed by atoms with E-state index in [1.807, 2.05) is 35.2 Å². The summed E-state index contributed by atoms with van der Waals surface area (Å²) in [4.78, 5) is 31.1. The van der Waals surface area contributed by atoms with Gasteiger partial charge in [0.2, 0.25) is 12.7 Å². The van der Waals surface area contributed by atoms with Crippen molar-refractivity contribution in [1.82, 2.24) is 9.80 Å². The lowest BCUT2D eigenvalue weighted by molar-refractivity contribution is -0.870.